The van der Waals surface area contributed by atoms with Crippen molar-refractivity contribution in [1.82, 2.24) is 0 Å². The van der Waals surface area contributed by atoms with E-state index in [0.29, 0.717) is 6.07 Å². The SMILES string of the molecule is OC(CCl)CNc1ccc(OC(F)(F)F)cc1F. The summed E-state index contributed by atoms with van der Waals surface area (Å²) in [5, 5.41) is 11.6. The van der Waals surface area contributed by atoms with Gasteiger partial charge in [-0.25, -0.2) is 4.39 Å². The smallest absolute Gasteiger partial charge is 0.406 e. The number of halogens is 5. The summed E-state index contributed by atoms with van der Waals surface area (Å²) in [5.74, 6) is -1.61. The fourth-order valence-corrected chi connectivity index (χ4v) is 1.23. The maximum atomic E-state index is 13.4. The zero-order chi connectivity index (χ0) is 13.8. The second-order valence-corrected chi connectivity index (χ2v) is 3.69. The van der Waals surface area contributed by atoms with Crippen molar-refractivity contribution in [1.29, 1.82) is 0 Å². The molecule has 3 nitrogen and oxygen atoms in total. The lowest BCUT2D eigenvalue weighted by molar-refractivity contribution is -0.274. The van der Waals surface area contributed by atoms with Gasteiger partial charge < -0.3 is 15.2 Å². The number of nitrogens with one attached hydrogen (secondary N) is 1. The molecular weight excluding hydrogens is 278 g/mol. The molecule has 1 rings (SSSR count). The molecule has 1 aromatic rings. The molecule has 0 radical (unpaired) electrons. The molecule has 0 spiro atoms. The molecule has 1 unspecified atom stereocenters. The first-order valence-corrected chi connectivity index (χ1v) is 5.38. The minimum Gasteiger partial charge on any atom is -0.406 e. The van der Waals surface area contributed by atoms with Crippen molar-refractivity contribution < 1.29 is 27.4 Å². The lowest BCUT2D eigenvalue weighted by Crippen LogP contribution is -2.21. The minimum atomic E-state index is -4.86. The monoisotopic (exact) mass is 287 g/mol. The lowest BCUT2D eigenvalue weighted by atomic mass is 10.2. The van der Waals surface area contributed by atoms with Gasteiger partial charge in [-0.1, -0.05) is 0 Å². The maximum Gasteiger partial charge on any atom is 0.573 e. The van der Waals surface area contributed by atoms with Crippen LogP contribution in [0.5, 0.6) is 5.75 Å². The normalized spacial score (nSPS) is 13.2. The van der Waals surface area contributed by atoms with Crippen LogP contribution in [0, 0.1) is 5.82 Å². The molecule has 8 heteroatoms. The highest BCUT2D eigenvalue weighted by Gasteiger charge is 2.31. The number of hydrogen-bond acceptors (Lipinski definition) is 3. The highest BCUT2D eigenvalue weighted by Crippen LogP contribution is 2.26. The third-order valence-electron chi connectivity index (χ3n) is 1.88. The van der Waals surface area contributed by atoms with E-state index >= 15 is 0 Å². The van der Waals surface area contributed by atoms with Crippen molar-refractivity contribution in [2.75, 3.05) is 17.7 Å². The van der Waals surface area contributed by atoms with Crippen LogP contribution >= 0.6 is 11.6 Å². The molecule has 0 aliphatic carbocycles. The molecule has 0 aliphatic rings. The summed E-state index contributed by atoms with van der Waals surface area (Å²) in [6, 6.07) is 2.65. The number of hydrogen-bond donors (Lipinski definition) is 2. The van der Waals surface area contributed by atoms with Crippen LogP contribution in [0.4, 0.5) is 23.2 Å². The van der Waals surface area contributed by atoms with E-state index in [0.717, 1.165) is 12.1 Å². The van der Waals surface area contributed by atoms with E-state index in [1.807, 2.05) is 0 Å². The molecule has 0 saturated heterocycles. The molecule has 0 aliphatic heterocycles. The van der Waals surface area contributed by atoms with Gasteiger partial charge in [-0.15, -0.1) is 24.8 Å². The lowest BCUT2D eigenvalue weighted by Gasteiger charge is -2.13. The van der Waals surface area contributed by atoms with E-state index < -0.39 is 24.0 Å². The molecule has 0 bridgehead atoms. The van der Waals surface area contributed by atoms with Gasteiger partial charge in [0.25, 0.3) is 0 Å². The molecule has 102 valence electrons. The van der Waals surface area contributed by atoms with Gasteiger partial charge in [0, 0.05) is 12.6 Å². The van der Waals surface area contributed by atoms with E-state index in [2.05, 4.69) is 10.1 Å². The van der Waals surface area contributed by atoms with Gasteiger partial charge in [0.15, 0.2) is 0 Å². The first-order valence-electron chi connectivity index (χ1n) is 4.85. The van der Waals surface area contributed by atoms with Crippen LogP contribution in [0.1, 0.15) is 0 Å². The average Bonchev–Trinajstić information content (AvgIpc) is 2.25. The van der Waals surface area contributed by atoms with Crippen molar-refractivity contribution >= 4 is 17.3 Å². The maximum absolute atomic E-state index is 13.4. The van der Waals surface area contributed by atoms with E-state index in [1.54, 1.807) is 0 Å². The van der Waals surface area contributed by atoms with Crippen LogP contribution in [0.25, 0.3) is 0 Å². The number of rotatable bonds is 5. The van der Waals surface area contributed by atoms with Gasteiger partial charge in [-0.05, 0) is 12.1 Å². The Bertz CT molecular complexity index is 400. The van der Waals surface area contributed by atoms with Gasteiger partial charge in [0.05, 0.1) is 17.7 Å². The molecule has 0 saturated carbocycles. The molecule has 1 aromatic carbocycles. The zero-order valence-electron chi connectivity index (χ0n) is 8.97. The molecule has 1 atom stereocenters. The third kappa shape index (κ3) is 4.97. The first kappa shape index (κ1) is 14.8. The average molecular weight is 288 g/mol. The summed E-state index contributed by atoms with van der Waals surface area (Å²) in [5.41, 5.74) is -0.0475. The van der Waals surface area contributed by atoms with Gasteiger partial charge in [-0.2, -0.15) is 0 Å². The number of benzene rings is 1. The Morgan fingerprint density at radius 3 is 2.56 bits per heavy atom. The van der Waals surface area contributed by atoms with Crippen LogP contribution in [0.2, 0.25) is 0 Å². The molecule has 18 heavy (non-hydrogen) atoms. The predicted octanol–water partition coefficient (Wildman–Crippen LogP) is 2.74. The molecule has 0 heterocycles. The predicted molar refractivity (Wildman–Crippen MR) is 58.3 cm³/mol. The highest BCUT2D eigenvalue weighted by atomic mass is 35.5. The first-order chi connectivity index (χ1) is 8.31. The Morgan fingerprint density at radius 2 is 2.06 bits per heavy atom. The topological polar surface area (TPSA) is 41.5 Å². The largest absolute Gasteiger partial charge is 0.573 e. The molecule has 0 fully saturated rings. The Labute approximate surface area is 105 Å². The van der Waals surface area contributed by atoms with Crippen molar-refractivity contribution in [2.24, 2.45) is 0 Å². The van der Waals surface area contributed by atoms with Crippen LogP contribution in [0.15, 0.2) is 18.2 Å². The quantitative estimate of drug-likeness (QED) is 0.646. The van der Waals surface area contributed by atoms with Gasteiger partial charge in [-0.3, -0.25) is 0 Å². The van der Waals surface area contributed by atoms with Crippen LogP contribution in [-0.4, -0.2) is 30.0 Å². The zero-order valence-corrected chi connectivity index (χ0v) is 9.72. The Kier molecular flexibility index (Phi) is 5.03. The Morgan fingerprint density at radius 1 is 1.39 bits per heavy atom. The Balaban J connectivity index is 2.68. The summed E-state index contributed by atoms with van der Waals surface area (Å²) in [6.45, 7) is -0.0140. The summed E-state index contributed by atoms with van der Waals surface area (Å²) < 4.78 is 52.5. The molecule has 0 amide bonds. The minimum absolute atomic E-state index is 0.0140. The van der Waals surface area contributed by atoms with Gasteiger partial charge in [0.2, 0.25) is 0 Å². The second-order valence-electron chi connectivity index (χ2n) is 3.38. The van der Waals surface area contributed by atoms with Crippen LogP contribution < -0.4 is 10.1 Å². The van der Waals surface area contributed by atoms with Gasteiger partial charge >= 0.3 is 6.36 Å². The number of ether oxygens (including phenoxy) is 1. The summed E-state index contributed by atoms with van der Waals surface area (Å²) in [6.07, 6.45) is -5.74. The summed E-state index contributed by atoms with van der Waals surface area (Å²) in [4.78, 5) is 0. The van der Waals surface area contributed by atoms with Crippen molar-refractivity contribution in [3.8, 4) is 5.75 Å². The number of anilines is 1. The third-order valence-corrected chi connectivity index (χ3v) is 2.24. The van der Waals surface area contributed by atoms with Gasteiger partial charge in [0.1, 0.15) is 11.6 Å². The van der Waals surface area contributed by atoms with E-state index in [4.69, 9.17) is 16.7 Å². The number of alkyl halides is 4. The Hall–Kier alpha value is -1.21. The van der Waals surface area contributed by atoms with Crippen LogP contribution in [-0.2, 0) is 0 Å². The summed E-state index contributed by atoms with van der Waals surface area (Å²) in [7, 11) is 0. The molecule has 0 aromatic heterocycles. The number of aliphatic hydroxyl groups excluding tert-OH is 1. The van der Waals surface area contributed by atoms with Crippen molar-refractivity contribution in [2.45, 2.75) is 12.5 Å². The van der Waals surface area contributed by atoms with Crippen molar-refractivity contribution in [3.05, 3.63) is 24.0 Å². The fourth-order valence-electron chi connectivity index (χ4n) is 1.12. The summed E-state index contributed by atoms with van der Waals surface area (Å²) >= 11 is 5.33. The fraction of sp³-hybridized carbons (Fsp3) is 0.400. The second kappa shape index (κ2) is 6.10. The van der Waals surface area contributed by atoms with E-state index in [1.165, 1.54) is 0 Å². The van der Waals surface area contributed by atoms with E-state index in [9.17, 15) is 17.6 Å². The standard InChI is InChI=1S/C10H10ClF4NO2/c11-4-6(17)5-16-9-2-1-7(3-8(9)12)18-10(13,14)15/h1-3,6,16-17H,4-5H2. The van der Waals surface area contributed by atoms with E-state index in [-0.39, 0.29) is 18.1 Å². The van der Waals surface area contributed by atoms with Crippen LogP contribution in [0.3, 0.4) is 0 Å². The van der Waals surface area contributed by atoms with Crippen molar-refractivity contribution in [3.63, 3.8) is 0 Å². The molecule has 2 N–H and O–H groups in total. The number of aliphatic hydroxyl groups is 1. The highest BCUT2D eigenvalue weighted by molar-refractivity contribution is 6.18. The molecular formula is C10H10ClF4NO2.